The minimum atomic E-state index is -2.26. The number of methoxy groups -OCH3 is 1. The number of Topliss-reactive ketones (excluding diaryl/α,β-unsaturated/α-hetero) is 1. The fraction of sp³-hybridized carbons (Fsp3) is 0.917. The van der Waals surface area contributed by atoms with Crippen molar-refractivity contribution in [1.82, 2.24) is 5.12 Å². The van der Waals surface area contributed by atoms with Gasteiger partial charge >= 0.3 is 0 Å². The van der Waals surface area contributed by atoms with E-state index in [1.54, 1.807) is 0 Å². The molecule has 9 heteroatoms. The van der Waals surface area contributed by atoms with Gasteiger partial charge in [-0.05, 0) is 98.7 Å². The summed E-state index contributed by atoms with van der Waals surface area (Å²) < 4.78 is 5.45. The monoisotopic (exact) mass is 454 g/mol. The van der Waals surface area contributed by atoms with Crippen LogP contribution < -0.4 is 11.6 Å². The third-order valence-corrected chi connectivity index (χ3v) is 9.82. The molecule has 4 aliphatic rings. The first-order valence-corrected chi connectivity index (χ1v) is 12.7. The van der Waals surface area contributed by atoms with Crippen molar-refractivity contribution in [2.45, 2.75) is 70.1 Å². The molecule has 0 spiro atoms. The highest BCUT2D eigenvalue weighted by molar-refractivity contribution is 6.50. The third-order valence-electron chi connectivity index (χ3n) is 9.82. The number of rotatable bonds is 7. The van der Waals surface area contributed by atoms with Gasteiger partial charge in [-0.3, -0.25) is 4.79 Å². The average Bonchev–Trinajstić information content (AvgIpc) is 3.10. The lowest BCUT2D eigenvalue weighted by Crippen LogP contribution is -2.50. The molecule has 7 unspecified atom stereocenters. The number of fused-ring (bicyclic) bond motifs is 5. The van der Waals surface area contributed by atoms with Gasteiger partial charge in [-0.25, -0.2) is 11.0 Å². The topological polar surface area (TPSA) is 114 Å². The third kappa shape index (κ3) is 4.87. The quantitative estimate of drug-likeness (QED) is 0.177. The number of hydrazone groups is 1. The predicted molar refractivity (Wildman–Crippen MR) is 130 cm³/mol. The van der Waals surface area contributed by atoms with Crippen molar-refractivity contribution in [3.63, 3.8) is 0 Å². The number of amidine groups is 1. The van der Waals surface area contributed by atoms with Crippen molar-refractivity contribution in [3.8, 4) is 0 Å². The minimum Gasteiger partial charge on any atom is -0.402 e. The summed E-state index contributed by atoms with van der Waals surface area (Å²) in [5.41, 5.74) is 5.60. The van der Waals surface area contributed by atoms with Crippen molar-refractivity contribution >= 4 is 27.3 Å². The Bertz CT molecular complexity index is 760. The molecule has 7 nitrogen and oxygen atoms in total. The Hall–Kier alpha value is -1.05. The van der Waals surface area contributed by atoms with E-state index >= 15 is 0 Å². The minimum absolute atomic E-state index is 0.0178. The fourth-order valence-corrected chi connectivity index (χ4v) is 8.39. The van der Waals surface area contributed by atoms with Gasteiger partial charge in [-0.2, -0.15) is 0 Å². The van der Waals surface area contributed by atoms with Crippen molar-refractivity contribution < 1.29 is 14.6 Å². The molecule has 0 aliphatic heterocycles. The normalized spacial score (nSPS) is 41.1. The van der Waals surface area contributed by atoms with Crippen LogP contribution in [0.4, 0.5) is 0 Å². The smallest absolute Gasteiger partial charge is 0.159 e. The number of nitrogens with zero attached hydrogens (tertiary/aromatic N) is 2. The van der Waals surface area contributed by atoms with Crippen LogP contribution in [-0.4, -0.2) is 63.2 Å². The highest BCUT2D eigenvalue weighted by Crippen LogP contribution is 2.64. The Morgan fingerprint density at radius 3 is 2.58 bits per heavy atom. The van der Waals surface area contributed by atoms with E-state index < -0.39 is 11.2 Å². The van der Waals surface area contributed by atoms with Crippen LogP contribution in [0.2, 0.25) is 0 Å². The lowest BCUT2D eigenvalue weighted by molar-refractivity contribution is -0.131. The second kappa shape index (κ2) is 9.54. The SMILES string of the molecule is [B]C([B])(O)/C(N)=N/N(N)CC(=O)[C@H]1CCC2C3CCC4CC(COC)CCC4C3CCC21C. The van der Waals surface area contributed by atoms with Gasteiger partial charge in [0.05, 0.1) is 0 Å². The summed E-state index contributed by atoms with van der Waals surface area (Å²) in [6.45, 7) is 3.18. The number of hydrogen-bond donors (Lipinski definition) is 3. The van der Waals surface area contributed by atoms with Gasteiger partial charge in [-0.1, -0.05) is 6.92 Å². The van der Waals surface area contributed by atoms with Crippen LogP contribution in [0.1, 0.15) is 64.7 Å². The Kier molecular flexibility index (Phi) is 7.24. The molecule has 0 aromatic rings. The van der Waals surface area contributed by atoms with E-state index in [0.29, 0.717) is 5.92 Å². The zero-order valence-electron chi connectivity index (χ0n) is 20.3. The van der Waals surface area contributed by atoms with Crippen molar-refractivity contribution in [2.75, 3.05) is 20.3 Å². The highest BCUT2D eigenvalue weighted by Gasteiger charge is 2.58. The van der Waals surface area contributed by atoms with Gasteiger partial charge in [0.15, 0.2) is 5.78 Å². The molecule has 0 aromatic heterocycles. The molecule has 180 valence electrons. The van der Waals surface area contributed by atoms with Crippen LogP contribution in [0.15, 0.2) is 5.10 Å². The first-order chi connectivity index (χ1) is 15.5. The van der Waals surface area contributed by atoms with E-state index in [0.717, 1.165) is 60.6 Å². The van der Waals surface area contributed by atoms with Crippen LogP contribution in [0, 0.1) is 46.8 Å². The second-order valence-corrected chi connectivity index (χ2v) is 11.6. The molecule has 0 aromatic carbocycles. The first kappa shape index (κ1) is 25.1. The summed E-state index contributed by atoms with van der Waals surface area (Å²) in [6, 6.07) is 0. The number of carbonyl (C=O) groups excluding carboxylic acids is 1. The van der Waals surface area contributed by atoms with Crippen molar-refractivity contribution in [2.24, 2.45) is 63.5 Å². The summed E-state index contributed by atoms with van der Waals surface area (Å²) in [5, 5.41) is 12.0. The summed E-state index contributed by atoms with van der Waals surface area (Å²) in [4.78, 5) is 13.3. The molecule has 33 heavy (non-hydrogen) atoms. The molecule has 4 fully saturated rings. The Morgan fingerprint density at radius 2 is 1.88 bits per heavy atom. The van der Waals surface area contributed by atoms with E-state index in [9.17, 15) is 9.90 Å². The lowest BCUT2D eigenvalue weighted by Gasteiger charge is -2.56. The van der Waals surface area contributed by atoms with Crippen molar-refractivity contribution in [3.05, 3.63) is 0 Å². The number of ether oxygens (including phenoxy) is 1. The number of carbonyl (C=O) groups is 1. The molecule has 4 aliphatic carbocycles. The van der Waals surface area contributed by atoms with Crippen LogP contribution >= 0.6 is 0 Å². The fourth-order valence-electron chi connectivity index (χ4n) is 8.39. The maximum atomic E-state index is 13.3. The Morgan fingerprint density at radius 1 is 1.15 bits per heavy atom. The predicted octanol–water partition coefficient (Wildman–Crippen LogP) is 1.52. The molecule has 5 N–H and O–H groups in total. The lowest BCUT2D eigenvalue weighted by atomic mass is 9.49. The summed E-state index contributed by atoms with van der Waals surface area (Å²) in [6.07, 6.45) is 11.0. The van der Waals surface area contributed by atoms with Gasteiger partial charge in [0.2, 0.25) is 0 Å². The van der Waals surface area contributed by atoms with Crippen LogP contribution in [-0.2, 0) is 9.53 Å². The standard InChI is InChI=1S/C24H40B2N4O3/c1-23-10-9-17-16-5-3-14(13-33-2)11-15(16)4-6-18(17)19(23)7-8-20(23)21(31)12-30(28)29-22(27)24(25,26)32/h14-20,32H,3-13,28H2,1-2H3,(H2,27,29)/t14?,15?,16?,17?,18?,19?,20-,23?/m1/s1. The zero-order valence-corrected chi connectivity index (χ0v) is 20.3. The van der Waals surface area contributed by atoms with Gasteiger partial charge in [0, 0.05) is 25.0 Å². The number of aliphatic hydroxyl groups is 1. The van der Waals surface area contributed by atoms with E-state index in [-0.39, 0.29) is 23.7 Å². The van der Waals surface area contributed by atoms with Crippen LogP contribution in [0.5, 0.6) is 0 Å². The van der Waals surface area contributed by atoms with Gasteiger partial charge in [0.1, 0.15) is 28.1 Å². The maximum Gasteiger partial charge on any atom is 0.159 e. The van der Waals surface area contributed by atoms with Crippen LogP contribution in [0.25, 0.3) is 0 Å². The molecule has 0 bridgehead atoms. The molecule has 0 amide bonds. The number of hydrogen-bond acceptors (Lipinski definition) is 6. The van der Waals surface area contributed by atoms with E-state index in [4.69, 9.17) is 32.0 Å². The number of ketones is 1. The largest absolute Gasteiger partial charge is 0.402 e. The number of hydrazine groups is 1. The Labute approximate surface area is 201 Å². The van der Waals surface area contributed by atoms with Crippen molar-refractivity contribution in [1.29, 1.82) is 0 Å². The Balaban J connectivity index is 1.41. The molecular weight excluding hydrogens is 414 g/mol. The van der Waals surface area contributed by atoms with E-state index in [1.807, 2.05) is 7.11 Å². The molecule has 4 saturated carbocycles. The van der Waals surface area contributed by atoms with E-state index in [2.05, 4.69) is 12.0 Å². The van der Waals surface area contributed by atoms with Gasteiger partial charge in [0.25, 0.3) is 0 Å². The summed E-state index contributed by atoms with van der Waals surface area (Å²) in [5.74, 6) is 10.2. The summed E-state index contributed by atoms with van der Waals surface area (Å²) >= 11 is 0. The van der Waals surface area contributed by atoms with Crippen LogP contribution in [0.3, 0.4) is 0 Å². The van der Waals surface area contributed by atoms with Gasteiger partial charge < -0.3 is 15.6 Å². The molecule has 4 rings (SSSR count). The number of nitrogens with two attached hydrogens (primary N) is 2. The highest BCUT2D eigenvalue weighted by atomic mass is 16.5. The molecule has 0 heterocycles. The molecular formula is C24H40B2N4O3. The maximum absolute atomic E-state index is 13.3. The first-order valence-electron chi connectivity index (χ1n) is 12.7. The average molecular weight is 454 g/mol. The molecule has 8 atom stereocenters. The molecule has 4 radical (unpaired) electrons. The van der Waals surface area contributed by atoms with E-state index in [1.165, 1.54) is 38.5 Å². The second-order valence-electron chi connectivity index (χ2n) is 11.6. The van der Waals surface area contributed by atoms with Gasteiger partial charge in [-0.15, -0.1) is 5.10 Å². The molecule has 0 saturated heterocycles. The summed E-state index contributed by atoms with van der Waals surface area (Å²) in [7, 11) is 12.5. The zero-order chi connectivity index (χ0) is 24.0.